The highest BCUT2D eigenvalue weighted by Gasteiger charge is 2.35. The van der Waals surface area contributed by atoms with Crippen molar-refractivity contribution in [2.24, 2.45) is 0 Å². The first-order chi connectivity index (χ1) is 7.73. The van der Waals surface area contributed by atoms with Crippen molar-refractivity contribution in [3.8, 4) is 0 Å². The molecule has 0 saturated carbocycles. The summed E-state index contributed by atoms with van der Waals surface area (Å²) < 4.78 is 39.0. The molecular weight excluding hydrogens is 243 g/mol. The Morgan fingerprint density at radius 1 is 1.47 bits per heavy atom. The summed E-state index contributed by atoms with van der Waals surface area (Å²) in [6.07, 6.45) is 1.89. The zero-order chi connectivity index (χ0) is 13.3. The number of sulfonamides is 1. The first-order valence-corrected chi connectivity index (χ1v) is 6.77. The van der Waals surface area contributed by atoms with Crippen LogP contribution in [0.5, 0.6) is 0 Å². The predicted octanol–water partition coefficient (Wildman–Crippen LogP) is 2.03. The van der Waals surface area contributed by atoms with E-state index in [9.17, 15) is 12.8 Å². The fraction of sp³-hybridized carbons (Fsp3) is 0.545. The van der Waals surface area contributed by atoms with Gasteiger partial charge in [-0.05, 0) is 32.4 Å². The van der Waals surface area contributed by atoms with Crippen LogP contribution in [0.25, 0.3) is 0 Å². The first-order valence-electron chi connectivity index (χ1n) is 5.33. The number of rotatable bonds is 4. The minimum atomic E-state index is -3.89. The number of aromatic nitrogens is 1. The highest BCUT2D eigenvalue weighted by Crippen LogP contribution is 2.25. The molecule has 0 aliphatic rings. The molecule has 0 aliphatic carbocycles. The Bertz CT molecular complexity index is 500. The minimum absolute atomic E-state index is 0.524. The smallest absolute Gasteiger partial charge is 0.241 e. The van der Waals surface area contributed by atoms with Gasteiger partial charge in [0.25, 0.3) is 10.0 Å². The van der Waals surface area contributed by atoms with Crippen LogP contribution in [0, 0.1) is 5.82 Å². The van der Waals surface area contributed by atoms with E-state index >= 15 is 0 Å². The molecule has 17 heavy (non-hydrogen) atoms. The quantitative estimate of drug-likeness (QED) is 0.832. The topological polar surface area (TPSA) is 50.3 Å². The van der Waals surface area contributed by atoms with E-state index in [0.29, 0.717) is 6.42 Å². The van der Waals surface area contributed by atoms with Crippen molar-refractivity contribution in [3.05, 3.63) is 24.1 Å². The summed E-state index contributed by atoms with van der Waals surface area (Å²) in [4.78, 5) is 3.61. The number of nitrogens with zero attached hydrogens (tertiary/aromatic N) is 2. The molecule has 0 radical (unpaired) electrons. The maximum Gasteiger partial charge on any atom is 0.263 e. The molecule has 0 aliphatic heterocycles. The molecule has 0 amide bonds. The van der Waals surface area contributed by atoms with E-state index in [0.717, 1.165) is 10.4 Å². The SMILES string of the molecule is CCC(C)(C)N(C)S(=O)(=O)c1ncccc1F. The first kappa shape index (κ1) is 14.1. The Morgan fingerprint density at radius 2 is 2.06 bits per heavy atom. The predicted molar refractivity (Wildman–Crippen MR) is 63.5 cm³/mol. The minimum Gasteiger partial charge on any atom is -0.241 e. The van der Waals surface area contributed by atoms with E-state index in [2.05, 4.69) is 4.98 Å². The van der Waals surface area contributed by atoms with Crippen LogP contribution in [-0.4, -0.2) is 30.3 Å². The lowest BCUT2D eigenvalue weighted by Gasteiger charge is -2.33. The van der Waals surface area contributed by atoms with Crippen molar-refractivity contribution in [2.45, 2.75) is 37.8 Å². The lowest BCUT2D eigenvalue weighted by atomic mass is 10.0. The maximum atomic E-state index is 13.5. The van der Waals surface area contributed by atoms with Crippen LogP contribution in [0.15, 0.2) is 23.4 Å². The normalized spacial score (nSPS) is 13.1. The van der Waals surface area contributed by atoms with E-state index in [-0.39, 0.29) is 0 Å². The Balaban J connectivity index is 3.26. The van der Waals surface area contributed by atoms with E-state index in [1.165, 1.54) is 19.3 Å². The molecule has 96 valence electrons. The molecule has 0 saturated heterocycles. The van der Waals surface area contributed by atoms with Gasteiger partial charge >= 0.3 is 0 Å². The molecule has 0 atom stereocenters. The van der Waals surface area contributed by atoms with Gasteiger partial charge in [0.2, 0.25) is 5.03 Å². The molecule has 0 N–H and O–H groups in total. The van der Waals surface area contributed by atoms with Crippen molar-refractivity contribution in [1.82, 2.24) is 9.29 Å². The van der Waals surface area contributed by atoms with Crippen molar-refractivity contribution in [3.63, 3.8) is 0 Å². The van der Waals surface area contributed by atoms with Crippen LogP contribution in [0.3, 0.4) is 0 Å². The monoisotopic (exact) mass is 260 g/mol. The summed E-state index contributed by atoms with van der Waals surface area (Å²) in [5.41, 5.74) is -0.581. The fourth-order valence-corrected chi connectivity index (χ4v) is 2.79. The summed E-state index contributed by atoms with van der Waals surface area (Å²) >= 11 is 0. The molecule has 1 heterocycles. The van der Waals surface area contributed by atoms with E-state index in [4.69, 9.17) is 0 Å². The molecular formula is C11H17FN2O2S. The van der Waals surface area contributed by atoms with E-state index in [1.54, 1.807) is 13.8 Å². The summed E-state index contributed by atoms with van der Waals surface area (Å²) in [6, 6.07) is 2.45. The van der Waals surface area contributed by atoms with Gasteiger partial charge in [-0.1, -0.05) is 6.92 Å². The van der Waals surface area contributed by atoms with Gasteiger partial charge < -0.3 is 0 Å². The Labute approximate surface area is 102 Å². The molecule has 0 fully saturated rings. The fourth-order valence-electron chi connectivity index (χ4n) is 1.24. The van der Waals surface area contributed by atoms with Crippen molar-refractivity contribution >= 4 is 10.0 Å². The number of halogens is 1. The zero-order valence-electron chi connectivity index (χ0n) is 10.4. The van der Waals surface area contributed by atoms with Crippen LogP contribution in [0.2, 0.25) is 0 Å². The average molecular weight is 260 g/mol. The van der Waals surface area contributed by atoms with E-state index in [1.807, 2.05) is 6.92 Å². The Morgan fingerprint density at radius 3 is 2.53 bits per heavy atom. The Hall–Kier alpha value is -1.01. The zero-order valence-corrected chi connectivity index (χ0v) is 11.3. The molecule has 0 unspecified atom stereocenters. The second kappa shape index (κ2) is 4.70. The highest BCUT2D eigenvalue weighted by atomic mass is 32.2. The second-order valence-corrected chi connectivity index (χ2v) is 6.31. The van der Waals surface area contributed by atoms with Gasteiger partial charge in [0, 0.05) is 18.8 Å². The molecule has 0 aromatic carbocycles. The van der Waals surface area contributed by atoms with Gasteiger partial charge in [-0.25, -0.2) is 17.8 Å². The number of hydrogen-bond acceptors (Lipinski definition) is 3. The maximum absolute atomic E-state index is 13.5. The van der Waals surface area contributed by atoms with Gasteiger partial charge in [-0.3, -0.25) is 0 Å². The molecule has 0 spiro atoms. The van der Waals surface area contributed by atoms with Crippen molar-refractivity contribution in [1.29, 1.82) is 0 Å². The third-order valence-electron chi connectivity index (χ3n) is 3.05. The summed E-state index contributed by atoms with van der Waals surface area (Å²) in [7, 11) is -2.45. The van der Waals surface area contributed by atoms with Crippen LogP contribution >= 0.6 is 0 Å². The van der Waals surface area contributed by atoms with Crippen LogP contribution in [0.1, 0.15) is 27.2 Å². The second-order valence-electron chi connectivity index (χ2n) is 4.43. The standard InChI is InChI=1S/C11H17FN2O2S/c1-5-11(2,3)14(4)17(15,16)10-9(12)7-6-8-13-10/h6-8H,5H2,1-4H3. The number of pyridine rings is 1. The number of hydrogen-bond donors (Lipinski definition) is 0. The highest BCUT2D eigenvalue weighted by molar-refractivity contribution is 7.89. The van der Waals surface area contributed by atoms with Crippen LogP contribution < -0.4 is 0 Å². The van der Waals surface area contributed by atoms with Gasteiger partial charge in [-0.2, -0.15) is 4.31 Å². The van der Waals surface area contributed by atoms with E-state index < -0.39 is 26.4 Å². The summed E-state index contributed by atoms with van der Waals surface area (Å²) in [5.74, 6) is -0.828. The van der Waals surface area contributed by atoms with Crippen molar-refractivity contribution in [2.75, 3.05) is 7.05 Å². The molecule has 1 aromatic rings. The largest absolute Gasteiger partial charge is 0.263 e. The Kier molecular flexibility index (Phi) is 3.88. The molecule has 4 nitrogen and oxygen atoms in total. The average Bonchev–Trinajstić information content (AvgIpc) is 2.28. The summed E-state index contributed by atoms with van der Waals surface area (Å²) in [5, 5.41) is -0.524. The van der Waals surface area contributed by atoms with Gasteiger partial charge in [0.05, 0.1) is 0 Å². The molecule has 1 aromatic heterocycles. The molecule has 0 bridgehead atoms. The van der Waals surface area contributed by atoms with Gasteiger partial charge in [0.1, 0.15) is 0 Å². The third-order valence-corrected chi connectivity index (χ3v) is 5.05. The third kappa shape index (κ3) is 2.63. The van der Waals surface area contributed by atoms with Crippen LogP contribution in [-0.2, 0) is 10.0 Å². The van der Waals surface area contributed by atoms with Gasteiger partial charge in [-0.15, -0.1) is 0 Å². The van der Waals surface area contributed by atoms with Crippen molar-refractivity contribution < 1.29 is 12.8 Å². The lowest BCUT2D eigenvalue weighted by molar-refractivity contribution is 0.255. The van der Waals surface area contributed by atoms with Crippen LogP contribution in [0.4, 0.5) is 4.39 Å². The molecule has 6 heteroatoms. The summed E-state index contributed by atoms with van der Waals surface area (Å²) in [6.45, 7) is 5.44. The molecule has 1 rings (SSSR count). The van der Waals surface area contributed by atoms with Gasteiger partial charge in [0.15, 0.2) is 5.82 Å². The lowest BCUT2D eigenvalue weighted by Crippen LogP contribution is -2.44.